The van der Waals surface area contributed by atoms with Crippen LogP contribution in [0.2, 0.25) is 0 Å². The van der Waals surface area contributed by atoms with Crippen LogP contribution >= 0.6 is 0 Å². The number of hydrogen-bond donors (Lipinski definition) is 3. The van der Waals surface area contributed by atoms with Gasteiger partial charge in [0.05, 0.1) is 12.6 Å². The zero-order chi connectivity index (χ0) is 25.8. The Morgan fingerprint density at radius 3 is 2.53 bits per heavy atom. The van der Waals surface area contributed by atoms with E-state index in [1.165, 1.54) is 12.1 Å². The van der Waals surface area contributed by atoms with E-state index in [1.54, 1.807) is 6.20 Å². The smallest absolute Gasteiger partial charge is 0.550 e. The van der Waals surface area contributed by atoms with Crippen LogP contribution in [0.25, 0.3) is 0 Å². The number of ether oxygens (including phenoxy) is 1. The second-order valence-corrected chi connectivity index (χ2v) is 7.70. The first-order chi connectivity index (χ1) is 16.5. The van der Waals surface area contributed by atoms with Gasteiger partial charge in [-0.25, -0.2) is 4.98 Å². The summed E-state index contributed by atoms with van der Waals surface area (Å²) in [6, 6.07) is 7.20. The summed E-state index contributed by atoms with van der Waals surface area (Å²) in [6.07, 6.45) is -2.48. The zero-order valence-corrected chi connectivity index (χ0v) is 22.0. The van der Waals surface area contributed by atoms with Gasteiger partial charge in [0.2, 0.25) is 11.8 Å². The molecule has 9 nitrogen and oxygen atoms in total. The van der Waals surface area contributed by atoms with Crippen molar-refractivity contribution in [2.45, 2.75) is 45.0 Å². The minimum absolute atomic E-state index is 0. The van der Waals surface area contributed by atoms with Gasteiger partial charge in [-0.05, 0) is 55.2 Å². The number of carbonyl (C=O) groups is 3. The molecule has 13 heteroatoms. The maximum atomic E-state index is 12.5. The van der Waals surface area contributed by atoms with E-state index in [2.05, 4.69) is 25.7 Å². The van der Waals surface area contributed by atoms with Crippen LogP contribution in [0, 0.1) is 6.92 Å². The van der Waals surface area contributed by atoms with Crippen molar-refractivity contribution in [2.24, 2.45) is 0 Å². The van der Waals surface area contributed by atoms with Crippen LogP contribution in [0.1, 0.15) is 42.9 Å². The number of halogens is 3. The third-order valence-electron chi connectivity index (χ3n) is 4.70. The standard InChI is InChI=1S/C23H27F3N4O5.Na/c1-15-8-10-28-19(11-15)27-9-3-2-7-20(31)29-14-21(32)30-18(13-22(33)34)16-5-4-6-17(12-16)35-23(24,25)26;/h4-6,8,10-12,18H,2-3,7,9,13-14H2,1H3,(H,27,28)(H,29,31)(H,30,32)(H,33,34);/q;+1/p-1. The second kappa shape index (κ2) is 15.3. The number of hydrogen-bond acceptors (Lipinski definition) is 7. The molecule has 2 amide bonds. The quantitative estimate of drug-likeness (QED) is 0.229. The second-order valence-electron chi connectivity index (χ2n) is 7.70. The van der Waals surface area contributed by atoms with Gasteiger partial charge in [0.15, 0.2) is 0 Å². The maximum Gasteiger partial charge on any atom is 1.00 e. The van der Waals surface area contributed by atoms with Gasteiger partial charge >= 0.3 is 35.9 Å². The topological polar surface area (TPSA) is 132 Å². The summed E-state index contributed by atoms with van der Waals surface area (Å²) >= 11 is 0. The van der Waals surface area contributed by atoms with Crippen molar-refractivity contribution in [3.8, 4) is 5.75 Å². The predicted molar refractivity (Wildman–Crippen MR) is 118 cm³/mol. The summed E-state index contributed by atoms with van der Waals surface area (Å²) in [5, 5.41) is 19.0. The maximum absolute atomic E-state index is 12.5. The number of carboxylic acids is 1. The fraction of sp³-hybridized carbons (Fsp3) is 0.391. The van der Waals surface area contributed by atoms with Gasteiger partial charge in [-0.2, -0.15) is 0 Å². The molecule has 190 valence electrons. The van der Waals surface area contributed by atoms with Gasteiger partial charge in [0.1, 0.15) is 11.6 Å². The van der Waals surface area contributed by atoms with Gasteiger partial charge in [0.25, 0.3) is 0 Å². The molecule has 0 bridgehead atoms. The number of aliphatic carboxylic acids is 1. The van der Waals surface area contributed by atoms with Crippen LogP contribution in [0.3, 0.4) is 0 Å². The van der Waals surface area contributed by atoms with Crippen LogP contribution < -0.4 is 55.4 Å². The Labute approximate surface area is 228 Å². The number of nitrogens with one attached hydrogen (secondary N) is 3. The minimum Gasteiger partial charge on any atom is -0.550 e. The number of alkyl halides is 3. The average molecular weight is 518 g/mol. The summed E-state index contributed by atoms with van der Waals surface area (Å²) in [5.41, 5.74) is 1.15. The van der Waals surface area contributed by atoms with Gasteiger partial charge in [-0.3, -0.25) is 9.59 Å². The molecule has 0 saturated heterocycles. The normalized spacial score (nSPS) is 11.6. The monoisotopic (exact) mass is 518 g/mol. The zero-order valence-electron chi connectivity index (χ0n) is 20.0. The van der Waals surface area contributed by atoms with Crippen LogP contribution in [-0.2, 0) is 14.4 Å². The Morgan fingerprint density at radius 2 is 1.86 bits per heavy atom. The van der Waals surface area contributed by atoms with Crippen molar-refractivity contribution in [2.75, 3.05) is 18.4 Å². The van der Waals surface area contributed by atoms with Gasteiger partial charge < -0.3 is 30.6 Å². The number of benzene rings is 1. The molecule has 0 saturated carbocycles. The molecule has 1 atom stereocenters. The molecule has 3 N–H and O–H groups in total. The van der Waals surface area contributed by atoms with E-state index in [0.29, 0.717) is 19.4 Å². The molecule has 1 heterocycles. The first kappa shape index (κ1) is 31.2. The molecule has 2 aromatic rings. The van der Waals surface area contributed by atoms with Gasteiger partial charge in [0, 0.05) is 31.6 Å². The van der Waals surface area contributed by atoms with Crippen molar-refractivity contribution >= 4 is 23.6 Å². The molecule has 1 aromatic heterocycles. The molecule has 0 radical (unpaired) electrons. The van der Waals surface area contributed by atoms with Gasteiger partial charge in [-0.15, -0.1) is 13.2 Å². The molecular weight excluding hydrogens is 492 g/mol. The van der Waals surface area contributed by atoms with Crippen molar-refractivity contribution in [1.82, 2.24) is 15.6 Å². The Morgan fingerprint density at radius 1 is 1.11 bits per heavy atom. The van der Waals surface area contributed by atoms with Crippen LogP contribution in [0.5, 0.6) is 5.75 Å². The molecule has 1 aromatic carbocycles. The van der Waals surface area contributed by atoms with Crippen LogP contribution in [-0.4, -0.2) is 42.2 Å². The summed E-state index contributed by atoms with van der Waals surface area (Å²) in [6.45, 7) is 2.15. The number of rotatable bonds is 13. The first-order valence-electron chi connectivity index (χ1n) is 10.8. The molecule has 0 spiro atoms. The molecule has 2 rings (SSSR count). The Kier molecular flexibility index (Phi) is 13.3. The molecule has 0 aliphatic rings. The van der Waals surface area contributed by atoms with E-state index in [4.69, 9.17) is 0 Å². The molecule has 0 aliphatic heterocycles. The van der Waals surface area contributed by atoms with E-state index < -0.39 is 43.0 Å². The Balaban J connectivity index is 0.00000648. The number of unbranched alkanes of at least 4 members (excludes halogenated alkanes) is 1. The summed E-state index contributed by atoms with van der Waals surface area (Å²) in [5.74, 6) is -2.41. The number of anilines is 1. The minimum atomic E-state index is -4.93. The molecular formula is C23H26F3N4NaO5. The first-order valence-corrected chi connectivity index (χ1v) is 10.8. The predicted octanol–water partition coefficient (Wildman–Crippen LogP) is -1.01. The van der Waals surface area contributed by atoms with Crippen LogP contribution in [0.15, 0.2) is 42.6 Å². The summed E-state index contributed by atoms with van der Waals surface area (Å²) in [4.78, 5) is 39.4. The van der Waals surface area contributed by atoms with Gasteiger partial charge in [-0.1, -0.05) is 12.1 Å². The largest absolute Gasteiger partial charge is 1.00 e. The van der Waals surface area contributed by atoms with E-state index in [9.17, 15) is 32.7 Å². The van der Waals surface area contributed by atoms with Crippen molar-refractivity contribution < 1.29 is 67.0 Å². The molecule has 36 heavy (non-hydrogen) atoms. The van der Waals surface area contributed by atoms with E-state index in [0.717, 1.165) is 23.5 Å². The van der Waals surface area contributed by atoms with Crippen LogP contribution in [0.4, 0.5) is 19.0 Å². The number of carbonyl (C=O) groups excluding carboxylic acids is 3. The SMILES string of the molecule is Cc1ccnc(NCCCCC(=O)NCC(=O)NC(CC(=O)[O-])c2cccc(OC(F)(F)F)c2)c1.[Na+]. The van der Waals surface area contributed by atoms with E-state index >= 15 is 0 Å². The third kappa shape index (κ3) is 12.8. The number of amides is 2. The number of aryl methyl sites for hydroxylation is 1. The number of nitrogens with zero attached hydrogens (tertiary/aromatic N) is 1. The Bertz CT molecular complexity index is 1020. The third-order valence-corrected chi connectivity index (χ3v) is 4.70. The van der Waals surface area contributed by atoms with E-state index in [-0.39, 0.29) is 47.4 Å². The summed E-state index contributed by atoms with van der Waals surface area (Å²) < 4.78 is 41.2. The van der Waals surface area contributed by atoms with Crippen molar-refractivity contribution in [3.05, 3.63) is 53.7 Å². The fourth-order valence-electron chi connectivity index (χ4n) is 3.12. The molecule has 0 fully saturated rings. The van der Waals surface area contributed by atoms with Crippen molar-refractivity contribution in [3.63, 3.8) is 0 Å². The van der Waals surface area contributed by atoms with E-state index in [1.807, 2.05) is 19.1 Å². The summed E-state index contributed by atoms with van der Waals surface area (Å²) in [7, 11) is 0. The molecule has 1 unspecified atom stereocenters. The number of aromatic nitrogens is 1. The number of carboxylic acid groups (broad SMARTS) is 1. The fourth-order valence-corrected chi connectivity index (χ4v) is 3.12. The Hall–Kier alpha value is -2.83. The molecule has 0 aliphatic carbocycles. The number of pyridine rings is 1. The average Bonchev–Trinajstić information content (AvgIpc) is 2.76. The van der Waals surface area contributed by atoms with Crippen molar-refractivity contribution in [1.29, 1.82) is 0 Å².